The molecule has 8 aromatic heterocycles. The zero-order valence-corrected chi connectivity index (χ0v) is 52.4. The molecule has 12 rings (SSSR count). The van der Waals surface area contributed by atoms with Gasteiger partial charge in [0.25, 0.3) is 0 Å². The zero-order chi connectivity index (χ0) is 65.4. The third kappa shape index (κ3) is 14.6. The monoisotopic (exact) mass is 1350 g/mol. The molecule has 87 heavy (non-hydrogen) atoms. The Morgan fingerprint density at radius 1 is 0.471 bits per heavy atom. The average molecular weight is 1350 g/mol. The van der Waals surface area contributed by atoms with E-state index in [1.54, 1.807) is 79.7 Å². The van der Waals surface area contributed by atoms with Crippen LogP contribution in [0.3, 0.4) is 0 Å². The van der Waals surface area contributed by atoms with Gasteiger partial charge >= 0.3 is 22.8 Å². The van der Waals surface area contributed by atoms with E-state index < -0.39 is 16.5 Å². The highest BCUT2D eigenvalue weighted by molar-refractivity contribution is 9.11. The number of rotatable bonds is 16. The highest BCUT2D eigenvalue weighted by atomic mass is 79.9. The van der Waals surface area contributed by atoms with Gasteiger partial charge in [-0.1, -0.05) is 84.3 Å². The fourth-order valence-electron chi connectivity index (χ4n) is 7.27. The summed E-state index contributed by atoms with van der Waals surface area (Å²) in [7, 11) is 5.99. The second-order valence-corrected chi connectivity index (χ2v) is 22.9. The Labute approximate surface area is 526 Å². The van der Waals surface area contributed by atoms with Crippen LogP contribution >= 0.6 is 73.7 Å². The number of tetrazole rings is 4. The molecule has 8 heterocycles. The Morgan fingerprint density at radius 2 is 0.816 bits per heavy atom. The number of hydrogen-bond acceptors (Lipinski definition) is 24. The molecule has 0 radical (unpaired) electrons. The van der Waals surface area contributed by atoms with E-state index in [0.29, 0.717) is 91.6 Å². The lowest BCUT2D eigenvalue weighted by atomic mass is 10.2. The molecule has 0 saturated heterocycles. The van der Waals surface area contributed by atoms with Crippen molar-refractivity contribution < 1.29 is 28.8 Å². The Kier molecular flexibility index (Phi) is 18.5. The minimum absolute atomic E-state index is 0.0698. The van der Waals surface area contributed by atoms with Crippen molar-refractivity contribution in [1.82, 2.24) is 96.7 Å². The molecule has 0 fully saturated rings. The molecule has 4 aromatic carbocycles. The first-order chi connectivity index (χ1) is 43.5. The number of aryl methyl sites for hydroxylation is 8. The van der Waals surface area contributed by atoms with Crippen molar-refractivity contribution in [3.63, 3.8) is 0 Å². The van der Waals surface area contributed by atoms with E-state index in [1.165, 1.54) is 51.3 Å². The molecule has 12 aromatic rings. The predicted octanol–water partition coefficient (Wildman–Crippen LogP) is 6.79. The molecule has 0 bridgehead atoms. The van der Waals surface area contributed by atoms with Crippen LogP contribution in [0.15, 0.2) is 125 Å². The van der Waals surface area contributed by atoms with E-state index in [1.807, 2.05) is 26.2 Å². The van der Waals surface area contributed by atoms with Crippen molar-refractivity contribution in [2.45, 2.75) is 54.1 Å². The fourth-order valence-corrected chi connectivity index (χ4v) is 10.5. The predicted molar refractivity (Wildman–Crippen MR) is 324 cm³/mol. The topological polar surface area (TPSA) is 299 Å². The summed E-state index contributed by atoms with van der Waals surface area (Å²) in [4.78, 5) is 47.7. The van der Waals surface area contributed by atoms with Gasteiger partial charge in [-0.15, -0.1) is 18.7 Å². The maximum absolute atomic E-state index is 14.0. The number of para-hydroxylation sites is 4. The van der Waals surface area contributed by atoms with Crippen LogP contribution in [0.5, 0.6) is 23.0 Å². The number of ether oxygens (including phenoxy) is 4. The van der Waals surface area contributed by atoms with Crippen LogP contribution in [0.25, 0.3) is 23.3 Å². The SMILES string of the molecule is [3H]c1ccc(OCc2c(-n3nnn(C)c3=O)nsc2Br)c(C)c1.[3H]c1ccc(OCc2c(-n3nnn(C)c3=O)nsc2Cl)c(C)c1.[3H]c1ccc(OCc2c(-n3nnn(C)c3=O)nsc2F)c(C)c1.[3H]c1ccc(OCc2csnc2-n2nnn(C)c2=O)c(C)c1. The van der Waals surface area contributed by atoms with E-state index in [9.17, 15) is 23.6 Å². The van der Waals surface area contributed by atoms with Gasteiger partial charge in [0.2, 0.25) is 5.13 Å². The summed E-state index contributed by atoms with van der Waals surface area (Å²) in [6, 6.07) is 21.9. The van der Waals surface area contributed by atoms with Crippen LogP contribution in [0.4, 0.5) is 4.39 Å². The summed E-state index contributed by atoms with van der Waals surface area (Å²) in [5.74, 6) is 3.75. The second-order valence-electron chi connectivity index (χ2n) is 18.0. The fraction of sp³-hybridized carbons (Fsp3) is 0.231. The van der Waals surface area contributed by atoms with Crippen LogP contribution < -0.4 is 41.7 Å². The van der Waals surface area contributed by atoms with Crippen molar-refractivity contribution in [3.05, 3.63) is 202 Å². The van der Waals surface area contributed by atoms with E-state index in [2.05, 4.69) is 75.1 Å². The first-order valence-corrected chi connectivity index (χ1v) is 29.4. The molecule has 0 aliphatic heterocycles. The molecular weight excluding hydrogens is 1300 g/mol. The molecule has 0 aliphatic rings. The molecule has 450 valence electrons. The number of nitrogens with zero attached hydrogens (tertiary/aromatic N) is 20. The molecular formula is C52H49BrClFN20O8S4. The lowest BCUT2D eigenvalue weighted by Gasteiger charge is -2.09. The molecule has 0 saturated carbocycles. The van der Waals surface area contributed by atoms with E-state index in [4.69, 9.17) is 36.0 Å². The summed E-state index contributed by atoms with van der Waals surface area (Å²) in [6.07, 6.45) is 0. The van der Waals surface area contributed by atoms with Crippen LogP contribution in [0.1, 0.15) is 50.0 Å². The third-order valence-electron chi connectivity index (χ3n) is 12.0. The van der Waals surface area contributed by atoms with Crippen LogP contribution in [-0.2, 0) is 54.6 Å². The van der Waals surface area contributed by atoms with Gasteiger partial charge in [-0.2, -0.15) is 40.6 Å². The summed E-state index contributed by atoms with van der Waals surface area (Å²) < 4.78 is 93.5. The second kappa shape index (κ2) is 28.3. The maximum Gasteiger partial charge on any atom is 0.369 e. The third-order valence-corrected chi connectivity index (χ3v) is 16.1. The molecule has 0 unspecified atom stereocenters. The van der Waals surface area contributed by atoms with Crippen molar-refractivity contribution in [3.8, 4) is 46.3 Å². The Balaban J connectivity index is 0.000000144. The van der Waals surface area contributed by atoms with Gasteiger partial charge in [0, 0.05) is 39.1 Å². The molecule has 0 aliphatic carbocycles. The largest absolute Gasteiger partial charge is 0.488 e. The first-order valence-electron chi connectivity index (χ1n) is 27.1. The van der Waals surface area contributed by atoms with Crippen LogP contribution in [0.2, 0.25) is 4.34 Å². The van der Waals surface area contributed by atoms with Gasteiger partial charge in [-0.25, -0.2) is 19.2 Å². The van der Waals surface area contributed by atoms with Crippen molar-refractivity contribution in [1.29, 1.82) is 0 Å². The van der Waals surface area contributed by atoms with E-state index in [0.717, 1.165) is 80.6 Å². The summed E-state index contributed by atoms with van der Waals surface area (Å²) in [6.45, 7) is 7.90. The van der Waals surface area contributed by atoms with Crippen molar-refractivity contribution in [2.24, 2.45) is 28.2 Å². The molecule has 0 N–H and O–H groups in total. The van der Waals surface area contributed by atoms with E-state index in [-0.39, 0.29) is 49.2 Å². The number of benzene rings is 4. The maximum atomic E-state index is 14.0. The highest BCUT2D eigenvalue weighted by Gasteiger charge is 2.23. The standard InChI is InChI=1S/C13H12BrN5O2S.C13H12ClN5O2S.C13H12FN5O2S.C13H13N5O2S/c3*1-8-5-3-4-6-10(8)21-7-9-11(14)22-15-12(9)19-13(20)18(2)16-17-19;1-9-5-3-4-6-11(9)20-7-10-8-21-14-12(10)18-13(19)17(2)15-16-18/h3*3-6H,7H2,1-2H3;3-6,8H,7H2,1-2H3/i4*3T. The number of hydrogen-bond donors (Lipinski definition) is 0. The molecule has 35 heteroatoms. The van der Waals surface area contributed by atoms with Crippen LogP contribution in [-0.4, -0.2) is 96.7 Å². The van der Waals surface area contributed by atoms with Gasteiger partial charge in [0.05, 0.1) is 26.0 Å². The van der Waals surface area contributed by atoms with Gasteiger partial charge in [0.15, 0.2) is 23.3 Å². The molecule has 0 amide bonds. The van der Waals surface area contributed by atoms with Gasteiger partial charge < -0.3 is 18.9 Å². The van der Waals surface area contributed by atoms with Crippen LogP contribution in [0, 0.1) is 32.8 Å². The van der Waals surface area contributed by atoms with Gasteiger partial charge in [-0.05, 0) is 178 Å². The minimum atomic E-state index is -0.549. The lowest BCUT2D eigenvalue weighted by Crippen LogP contribution is -2.23. The first kappa shape index (κ1) is 56.9. The van der Waals surface area contributed by atoms with E-state index >= 15 is 0 Å². The highest BCUT2D eigenvalue weighted by Crippen LogP contribution is 2.31. The minimum Gasteiger partial charge on any atom is -0.488 e. The van der Waals surface area contributed by atoms with Gasteiger partial charge in [0.1, 0.15) is 53.8 Å². The van der Waals surface area contributed by atoms with Gasteiger partial charge in [-0.3, -0.25) is 0 Å². The number of halogens is 3. The van der Waals surface area contributed by atoms with Crippen molar-refractivity contribution >= 4 is 73.7 Å². The molecule has 0 atom stereocenters. The Morgan fingerprint density at radius 3 is 1.22 bits per heavy atom. The quantitative estimate of drug-likeness (QED) is 0.0961. The summed E-state index contributed by atoms with van der Waals surface area (Å²) in [5.41, 5.74) is 3.85. The number of aromatic nitrogens is 20. The Hall–Kier alpha value is -9.22. The summed E-state index contributed by atoms with van der Waals surface area (Å²) >= 11 is 13.7. The normalized spacial score (nSPS) is 11.5. The zero-order valence-electron chi connectivity index (χ0n) is 50.8. The molecule has 28 nitrogen and oxygen atoms in total. The Bertz CT molecular complexity index is 4470. The average Bonchev–Trinajstić information content (AvgIpc) is 1.76. The summed E-state index contributed by atoms with van der Waals surface area (Å²) in [5, 5.41) is 30.9. The lowest BCUT2D eigenvalue weighted by molar-refractivity contribution is 0.298. The van der Waals surface area contributed by atoms with Crippen molar-refractivity contribution in [2.75, 3.05) is 0 Å². The molecule has 0 spiro atoms. The smallest absolute Gasteiger partial charge is 0.369 e.